The van der Waals surface area contributed by atoms with Gasteiger partial charge in [-0.3, -0.25) is 4.79 Å². The highest BCUT2D eigenvalue weighted by molar-refractivity contribution is 5.78. The van der Waals surface area contributed by atoms with Gasteiger partial charge < -0.3 is 10.1 Å². The number of rotatable bonds is 5. The van der Waals surface area contributed by atoms with Crippen LogP contribution in [0.3, 0.4) is 0 Å². The maximum Gasteiger partial charge on any atom is 0.220 e. The van der Waals surface area contributed by atoms with E-state index in [2.05, 4.69) is 60.8 Å². The zero-order valence-corrected chi connectivity index (χ0v) is 18.3. The fourth-order valence-electron chi connectivity index (χ4n) is 5.12. The number of aryl methyl sites for hydroxylation is 1. The van der Waals surface area contributed by atoms with Gasteiger partial charge in [0.05, 0.1) is 6.04 Å². The molecule has 0 saturated heterocycles. The van der Waals surface area contributed by atoms with Crippen molar-refractivity contribution in [3.05, 3.63) is 76.9 Å². The molecule has 3 heteroatoms. The van der Waals surface area contributed by atoms with E-state index in [-0.39, 0.29) is 17.6 Å². The molecule has 0 radical (unpaired) electrons. The molecule has 3 nitrogen and oxygen atoms in total. The Morgan fingerprint density at radius 1 is 1.10 bits per heavy atom. The summed E-state index contributed by atoms with van der Waals surface area (Å²) in [6, 6.07) is 14.6. The van der Waals surface area contributed by atoms with Gasteiger partial charge in [-0.1, -0.05) is 67.6 Å². The average Bonchev–Trinajstić information content (AvgIpc) is 2.99. The fraction of sp³-hybridized carbons (Fsp3) is 0.393. The molecule has 1 spiro atoms. The lowest BCUT2D eigenvalue weighted by atomic mass is 9.73. The molecule has 1 unspecified atom stereocenters. The van der Waals surface area contributed by atoms with Crippen molar-refractivity contribution in [3.8, 4) is 5.75 Å². The van der Waals surface area contributed by atoms with E-state index >= 15 is 0 Å². The first-order valence-electron chi connectivity index (χ1n) is 11.7. The lowest BCUT2D eigenvalue weighted by molar-refractivity contribution is -0.123. The standard InChI is InChI=1S/C28H31NO2/c1-2-20-11-13-21-7-5-8-22(23(21)15-12-20)14-16-27(30)29-25-19-28(17-6-18-28)31-26-10-4-3-9-24(25)26/h3-5,7-13,15,20,25H,2,6,14,16-19H2,1H3,(H,29,30)/t20?,25-/m1/s1. The number of allylic oxidation sites excluding steroid dienone is 2. The monoisotopic (exact) mass is 413 g/mol. The first-order valence-corrected chi connectivity index (χ1v) is 11.7. The first kappa shape index (κ1) is 20.1. The van der Waals surface area contributed by atoms with E-state index in [4.69, 9.17) is 4.74 Å². The molecule has 1 N–H and O–H groups in total. The molecule has 1 aliphatic heterocycles. The van der Waals surface area contributed by atoms with Crippen LogP contribution in [-0.4, -0.2) is 11.5 Å². The van der Waals surface area contributed by atoms with Crippen molar-refractivity contribution >= 4 is 18.1 Å². The lowest BCUT2D eigenvalue weighted by Crippen LogP contribution is -2.49. The quantitative estimate of drug-likeness (QED) is 0.629. The molecule has 1 amide bonds. The summed E-state index contributed by atoms with van der Waals surface area (Å²) in [5.74, 6) is 1.54. The van der Waals surface area contributed by atoms with Crippen LogP contribution in [0.4, 0.5) is 0 Å². The predicted molar refractivity (Wildman–Crippen MR) is 126 cm³/mol. The molecule has 3 aliphatic rings. The number of amides is 1. The lowest BCUT2D eigenvalue weighted by Gasteiger charge is -2.48. The molecular weight excluding hydrogens is 382 g/mol. The predicted octanol–water partition coefficient (Wildman–Crippen LogP) is 6.25. The van der Waals surface area contributed by atoms with Gasteiger partial charge in [0.15, 0.2) is 0 Å². The van der Waals surface area contributed by atoms with Crippen molar-refractivity contribution in [1.82, 2.24) is 5.32 Å². The Kier molecular flexibility index (Phi) is 5.43. The van der Waals surface area contributed by atoms with E-state index in [1.807, 2.05) is 18.2 Å². The normalized spacial score (nSPS) is 22.6. The van der Waals surface area contributed by atoms with Crippen molar-refractivity contribution < 1.29 is 9.53 Å². The van der Waals surface area contributed by atoms with E-state index in [1.165, 1.54) is 23.1 Å². The van der Waals surface area contributed by atoms with E-state index in [0.717, 1.165) is 43.4 Å². The molecule has 1 fully saturated rings. The Labute approximate surface area is 185 Å². The molecular formula is C28H31NO2. The zero-order chi connectivity index (χ0) is 21.3. The minimum atomic E-state index is -0.0734. The fourth-order valence-corrected chi connectivity index (χ4v) is 5.12. The van der Waals surface area contributed by atoms with Crippen LogP contribution in [0.15, 0.2) is 54.6 Å². The summed E-state index contributed by atoms with van der Waals surface area (Å²) in [5.41, 5.74) is 4.78. The van der Waals surface area contributed by atoms with Crippen molar-refractivity contribution in [2.75, 3.05) is 0 Å². The summed E-state index contributed by atoms with van der Waals surface area (Å²) in [4.78, 5) is 13.0. The summed E-state index contributed by atoms with van der Waals surface area (Å²) in [7, 11) is 0. The summed E-state index contributed by atoms with van der Waals surface area (Å²) >= 11 is 0. The molecule has 2 aromatic rings. The van der Waals surface area contributed by atoms with Crippen LogP contribution in [-0.2, 0) is 11.2 Å². The Balaban J connectivity index is 1.28. The molecule has 1 saturated carbocycles. The minimum absolute atomic E-state index is 0.0405. The molecule has 5 rings (SSSR count). The second-order valence-electron chi connectivity index (χ2n) is 9.21. The summed E-state index contributed by atoms with van der Waals surface area (Å²) in [6.45, 7) is 2.21. The summed E-state index contributed by atoms with van der Waals surface area (Å²) < 4.78 is 6.32. The van der Waals surface area contributed by atoms with E-state index < -0.39 is 0 Å². The molecule has 2 aliphatic carbocycles. The number of fused-ring (bicyclic) bond motifs is 2. The summed E-state index contributed by atoms with van der Waals surface area (Å²) in [5, 5.41) is 3.33. The number of hydrogen-bond acceptors (Lipinski definition) is 2. The third kappa shape index (κ3) is 4.06. The number of hydrogen-bond donors (Lipinski definition) is 1. The van der Waals surface area contributed by atoms with E-state index in [1.54, 1.807) is 0 Å². The first-order chi connectivity index (χ1) is 15.2. The van der Waals surface area contributed by atoms with Crippen molar-refractivity contribution in [2.45, 2.75) is 63.5 Å². The number of carbonyl (C=O) groups excluding carboxylic acids is 1. The van der Waals surface area contributed by atoms with Crippen molar-refractivity contribution in [3.63, 3.8) is 0 Å². The zero-order valence-electron chi connectivity index (χ0n) is 18.3. The minimum Gasteiger partial charge on any atom is -0.487 e. The van der Waals surface area contributed by atoms with Gasteiger partial charge in [-0.15, -0.1) is 0 Å². The largest absolute Gasteiger partial charge is 0.487 e. The van der Waals surface area contributed by atoms with Crippen molar-refractivity contribution in [2.24, 2.45) is 5.92 Å². The van der Waals surface area contributed by atoms with E-state index in [0.29, 0.717) is 12.3 Å². The number of carbonyl (C=O) groups is 1. The maximum atomic E-state index is 13.0. The van der Waals surface area contributed by atoms with Crippen LogP contribution in [0.1, 0.15) is 73.7 Å². The van der Waals surface area contributed by atoms with Gasteiger partial charge in [0, 0.05) is 18.4 Å². The van der Waals surface area contributed by atoms with Gasteiger partial charge in [-0.2, -0.15) is 0 Å². The molecule has 0 bridgehead atoms. The molecule has 2 aromatic carbocycles. The molecule has 160 valence electrons. The second-order valence-corrected chi connectivity index (χ2v) is 9.21. The van der Waals surface area contributed by atoms with Crippen molar-refractivity contribution in [1.29, 1.82) is 0 Å². The van der Waals surface area contributed by atoms with Gasteiger partial charge in [-0.25, -0.2) is 0 Å². The van der Waals surface area contributed by atoms with Gasteiger partial charge in [0.1, 0.15) is 11.4 Å². The van der Waals surface area contributed by atoms with Crippen LogP contribution in [0.25, 0.3) is 12.2 Å². The van der Waals surface area contributed by atoms with Gasteiger partial charge in [-0.05, 0) is 60.8 Å². The number of ether oxygens (including phenoxy) is 1. The highest BCUT2D eigenvalue weighted by atomic mass is 16.5. The van der Waals surface area contributed by atoms with Crippen LogP contribution in [0.2, 0.25) is 0 Å². The number of para-hydroxylation sites is 1. The maximum absolute atomic E-state index is 13.0. The van der Waals surface area contributed by atoms with Crippen LogP contribution >= 0.6 is 0 Å². The molecule has 0 aromatic heterocycles. The smallest absolute Gasteiger partial charge is 0.220 e. The highest BCUT2D eigenvalue weighted by Crippen LogP contribution is 2.48. The van der Waals surface area contributed by atoms with Gasteiger partial charge in [0.2, 0.25) is 5.91 Å². The van der Waals surface area contributed by atoms with E-state index in [9.17, 15) is 4.79 Å². The Morgan fingerprint density at radius 2 is 1.94 bits per heavy atom. The molecule has 31 heavy (non-hydrogen) atoms. The third-order valence-electron chi connectivity index (χ3n) is 7.15. The SMILES string of the molecule is CCC1C=Cc2cccc(CCC(=O)N[C@@H]3CC4(CCC4)Oc4ccccc43)c2C=C1. The van der Waals surface area contributed by atoms with Crippen LogP contribution in [0, 0.1) is 5.92 Å². The third-order valence-corrected chi connectivity index (χ3v) is 7.15. The Morgan fingerprint density at radius 3 is 2.74 bits per heavy atom. The number of benzene rings is 2. The highest BCUT2D eigenvalue weighted by Gasteiger charge is 2.45. The van der Waals surface area contributed by atoms with Crippen LogP contribution in [0.5, 0.6) is 5.75 Å². The topological polar surface area (TPSA) is 38.3 Å². The summed E-state index contributed by atoms with van der Waals surface area (Å²) in [6.07, 6.45) is 15.6. The average molecular weight is 414 g/mol. The Hall–Kier alpha value is -2.81. The second kappa shape index (κ2) is 8.37. The number of nitrogens with one attached hydrogen (secondary N) is 1. The van der Waals surface area contributed by atoms with Gasteiger partial charge >= 0.3 is 0 Å². The Bertz CT molecular complexity index is 1030. The van der Waals surface area contributed by atoms with Crippen LogP contribution < -0.4 is 10.1 Å². The van der Waals surface area contributed by atoms with Gasteiger partial charge in [0.25, 0.3) is 0 Å². The molecule has 1 heterocycles. The molecule has 2 atom stereocenters.